The minimum absolute atomic E-state index is 0.460. The van der Waals surface area contributed by atoms with Crippen molar-refractivity contribution in [1.29, 1.82) is 0 Å². The predicted molar refractivity (Wildman–Crippen MR) is 134 cm³/mol. The van der Waals surface area contributed by atoms with Crippen LogP contribution in [0.3, 0.4) is 0 Å². The molecule has 4 heterocycles. The third kappa shape index (κ3) is 6.13. The molecule has 9 nitrogen and oxygen atoms in total. The van der Waals surface area contributed by atoms with E-state index < -0.39 is 8.07 Å². The van der Waals surface area contributed by atoms with Crippen LogP contribution in [0.25, 0.3) is 11.0 Å². The van der Waals surface area contributed by atoms with Crippen molar-refractivity contribution in [3.05, 3.63) is 24.7 Å². The largest absolute Gasteiger partial charge is 0.477 e. The summed E-state index contributed by atoms with van der Waals surface area (Å²) in [5.74, 6) is 2.22. The van der Waals surface area contributed by atoms with Crippen LogP contribution in [-0.2, 0) is 18.5 Å². The molecule has 3 aromatic rings. The SMILES string of the molecule is CC[C@@H]1CNC[C@H]1COc1nc(Nc2cnn(C)c2)nc2c1ccn2COCC[Si](C)(C)C. The van der Waals surface area contributed by atoms with Gasteiger partial charge >= 0.3 is 0 Å². The Morgan fingerprint density at radius 3 is 2.76 bits per heavy atom. The molecule has 0 aromatic carbocycles. The molecular weight excluding hydrogens is 434 g/mol. The molecule has 0 spiro atoms. The van der Waals surface area contributed by atoms with Crippen LogP contribution in [0.15, 0.2) is 24.7 Å². The third-order valence-electron chi connectivity index (χ3n) is 6.21. The number of anilines is 2. The monoisotopic (exact) mass is 471 g/mol. The van der Waals surface area contributed by atoms with Crippen LogP contribution < -0.4 is 15.4 Å². The van der Waals surface area contributed by atoms with E-state index in [1.54, 1.807) is 10.9 Å². The molecule has 0 saturated carbocycles. The molecule has 10 heteroatoms. The highest BCUT2D eigenvalue weighted by Gasteiger charge is 2.26. The van der Waals surface area contributed by atoms with Crippen molar-refractivity contribution >= 4 is 30.7 Å². The van der Waals surface area contributed by atoms with Gasteiger partial charge in [-0.05, 0) is 24.6 Å². The number of ether oxygens (including phenoxy) is 2. The number of hydrogen-bond acceptors (Lipinski definition) is 7. The van der Waals surface area contributed by atoms with Crippen molar-refractivity contribution < 1.29 is 9.47 Å². The highest BCUT2D eigenvalue weighted by atomic mass is 28.3. The predicted octanol–water partition coefficient (Wildman–Crippen LogP) is 3.85. The molecule has 0 unspecified atom stereocenters. The molecule has 0 radical (unpaired) electrons. The normalized spacial score (nSPS) is 18.8. The fourth-order valence-corrected chi connectivity index (χ4v) is 4.87. The Balaban J connectivity index is 1.55. The number of aryl methyl sites for hydroxylation is 1. The lowest BCUT2D eigenvalue weighted by atomic mass is 9.95. The highest BCUT2D eigenvalue weighted by Crippen LogP contribution is 2.28. The smallest absolute Gasteiger partial charge is 0.232 e. The zero-order valence-corrected chi connectivity index (χ0v) is 21.5. The Hall–Kier alpha value is -2.43. The van der Waals surface area contributed by atoms with Crippen molar-refractivity contribution in [2.45, 2.75) is 45.8 Å². The number of aromatic nitrogens is 5. The van der Waals surface area contributed by atoms with E-state index in [0.717, 1.165) is 48.9 Å². The van der Waals surface area contributed by atoms with E-state index >= 15 is 0 Å². The fraction of sp³-hybridized carbons (Fsp3) is 0.609. The van der Waals surface area contributed by atoms with Gasteiger partial charge in [0.05, 0.1) is 23.9 Å². The van der Waals surface area contributed by atoms with Crippen molar-refractivity contribution in [2.75, 3.05) is 31.6 Å². The molecule has 180 valence electrons. The molecule has 1 aliphatic rings. The molecule has 4 rings (SSSR count). The van der Waals surface area contributed by atoms with E-state index in [1.165, 1.54) is 0 Å². The van der Waals surface area contributed by atoms with Crippen LogP contribution in [0, 0.1) is 11.8 Å². The van der Waals surface area contributed by atoms with Crippen molar-refractivity contribution in [3.63, 3.8) is 0 Å². The molecule has 1 saturated heterocycles. The average molecular weight is 472 g/mol. The van der Waals surface area contributed by atoms with Gasteiger partial charge in [0.1, 0.15) is 6.73 Å². The molecule has 1 fully saturated rings. The Bertz CT molecular complexity index is 1060. The molecule has 0 bridgehead atoms. The highest BCUT2D eigenvalue weighted by molar-refractivity contribution is 6.76. The summed E-state index contributed by atoms with van der Waals surface area (Å²) in [7, 11) is 0.754. The Labute approximate surface area is 196 Å². The lowest BCUT2D eigenvalue weighted by molar-refractivity contribution is 0.0899. The topological polar surface area (TPSA) is 91.0 Å². The second-order valence-electron chi connectivity index (χ2n) is 10.1. The maximum absolute atomic E-state index is 6.30. The van der Waals surface area contributed by atoms with E-state index in [9.17, 15) is 0 Å². The van der Waals surface area contributed by atoms with Gasteiger partial charge in [-0.3, -0.25) is 4.68 Å². The molecule has 3 aromatic heterocycles. The summed E-state index contributed by atoms with van der Waals surface area (Å²) >= 11 is 0. The molecular formula is C23H37N7O2Si. The summed E-state index contributed by atoms with van der Waals surface area (Å²) in [5.41, 5.74) is 1.63. The third-order valence-corrected chi connectivity index (χ3v) is 7.91. The van der Waals surface area contributed by atoms with Crippen LogP contribution >= 0.6 is 0 Å². The average Bonchev–Trinajstić information content (AvgIpc) is 3.49. The van der Waals surface area contributed by atoms with Crippen LogP contribution in [0.1, 0.15) is 13.3 Å². The first-order valence-corrected chi connectivity index (χ1v) is 15.6. The summed E-state index contributed by atoms with van der Waals surface area (Å²) in [6, 6.07) is 3.15. The molecule has 0 amide bonds. The van der Waals surface area contributed by atoms with E-state index in [-0.39, 0.29) is 0 Å². The van der Waals surface area contributed by atoms with Gasteiger partial charge in [0, 0.05) is 46.6 Å². The van der Waals surface area contributed by atoms with Crippen LogP contribution in [0.2, 0.25) is 25.7 Å². The second kappa shape index (κ2) is 10.2. The van der Waals surface area contributed by atoms with E-state index in [2.05, 4.69) is 42.3 Å². The van der Waals surface area contributed by atoms with Gasteiger partial charge in [0.15, 0.2) is 5.65 Å². The minimum Gasteiger partial charge on any atom is -0.477 e. The van der Waals surface area contributed by atoms with E-state index in [0.29, 0.717) is 37.0 Å². The van der Waals surface area contributed by atoms with Gasteiger partial charge < -0.3 is 24.7 Å². The number of fused-ring (bicyclic) bond motifs is 1. The lowest BCUT2D eigenvalue weighted by Gasteiger charge is -2.18. The first kappa shape index (κ1) is 23.7. The van der Waals surface area contributed by atoms with E-state index in [1.807, 2.05) is 30.1 Å². The molecule has 1 aliphatic heterocycles. The summed E-state index contributed by atoms with van der Waals surface area (Å²) in [4.78, 5) is 9.49. The fourth-order valence-electron chi connectivity index (χ4n) is 4.11. The molecule has 33 heavy (non-hydrogen) atoms. The summed E-state index contributed by atoms with van der Waals surface area (Å²) in [5, 5.41) is 11.9. The Kier molecular flexibility index (Phi) is 7.35. The standard InChI is InChI=1S/C23H37N7O2Si/c1-6-17-11-24-12-18(17)15-32-22-20-7-8-30(16-31-9-10-33(3,4)5)21(20)27-23(28-22)26-19-13-25-29(2)14-19/h7-8,13-14,17-18,24H,6,9-12,15-16H2,1-5H3,(H,26,27,28)/t17-,18+/m1/s1. The van der Waals surface area contributed by atoms with Crippen LogP contribution in [0.5, 0.6) is 5.88 Å². The number of rotatable bonds is 11. The quantitative estimate of drug-likeness (QED) is 0.324. The van der Waals surface area contributed by atoms with Crippen LogP contribution in [0.4, 0.5) is 11.6 Å². The molecule has 0 aliphatic carbocycles. The Morgan fingerprint density at radius 1 is 1.21 bits per heavy atom. The van der Waals surface area contributed by atoms with Gasteiger partial charge in [-0.25, -0.2) is 0 Å². The Morgan fingerprint density at radius 2 is 2.03 bits per heavy atom. The lowest BCUT2D eigenvalue weighted by Crippen LogP contribution is -2.22. The number of nitrogens with one attached hydrogen (secondary N) is 2. The first-order valence-electron chi connectivity index (χ1n) is 11.9. The molecule has 2 N–H and O–H groups in total. The summed E-state index contributed by atoms with van der Waals surface area (Å²) in [6.07, 6.45) is 6.80. The van der Waals surface area contributed by atoms with Gasteiger partial charge in [0.2, 0.25) is 11.8 Å². The van der Waals surface area contributed by atoms with Gasteiger partial charge in [-0.15, -0.1) is 0 Å². The van der Waals surface area contributed by atoms with Crippen molar-refractivity contribution in [1.82, 2.24) is 29.6 Å². The zero-order valence-electron chi connectivity index (χ0n) is 20.5. The van der Waals surface area contributed by atoms with Crippen molar-refractivity contribution in [2.24, 2.45) is 18.9 Å². The summed E-state index contributed by atoms with van der Waals surface area (Å²) < 4.78 is 16.1. The van der Waals surface area contributed by atoms with Gasteiger partial charge in [-0.1, -0.05) is 33.0 Å². The maximum Gasteiger partial charge on any atom is 0.232 e. The second-order valence-corrected chi connectivity index (χ2v) is 15.8. The molecule has 2 atom stereocenters. The maximum atomic E-state index is 6.30. The van der Waals surface area contributed by atoms with Gasteiger partial charge in [0.25, 0.3) is 0 Å². The zero-order chi connectivity index (χ0) is 23.4. The van der Waals surface area contributed by atoms with Crippen LogP contribution in [-0.4, -0.2) is 58.7 Å². The summed E-state index contributed by atoms with van der Waals surface area (Å²) in [6.45, 7) is 13.2. The number of hydrogen-bond donors (Lipinski definition) is 2. The van der Waals surface area contributed by atoms with Crippen molar-refractivity contribution in [3.8, 4) is 5.88 Å². The van der Waals surface area contributed by atoms with Gasteiger partial charge in [-0.2, -0.15) is 15.1 Å². The minimum atomic E-state index is -1.13. The number of nitrogens with zero attached hydrogens (tertiary/aromatic N) is 5. The van der Waals surface area contributed by atoms with E-state index in [4.69, 9.17) is 19.4 Å². The first-order chi connectivity index (χ1) is 15.8.